The maximum absolute atomic E-state index is 13.7. The van der Waals surface area contributed by atoms with E-state index in [1.165, 1.54) is 12.1 Å². The third kappa shape index (κ3) is 2.85. The van der Waals surface area contributed by atoms with Crippen LogP contribution in [0.5, 0.6) is 0 Å². The van der Waals surface area contributed by atoms with Gasteiger partial charge in [0.2, 0.25) is 0 Å². The van der Waals surface area contributed by atoms with Gasteiger partial charge >= 0.3 is 0 Å². The van der Waals surface area contributed by atoms with E-state index in [0.29, 0.717) is 5.92 Å². The van der Waals surface area contributed by atoms with Crippen LogP contribution in [0, 0.1) is 23.0 Å². The van der Waals surface area contributed by atoms with Crippen molar-refractivity contribution in [3.63, 3.8) is 0 Å². The number of hydrogen-bond acceptors (Lipinski definition) is 1. The van der Waals surface area contributed by atoms with Gasteiger partial charge in [0.1, 0.15) is 11.6 Å². The van der Waals surface area contributed by atoms with Crippen LogP contribution in [-0.2, 0) is 0 Å². The van der Waals surface area contributed by atoms with E-state index >= 15 is 0 Å². The molecule has 1 aliphatic carbocycles. The van der Waals surface area contributed by atoms with E-state index in [2.05, 4.69) is 42.0 Å². The van der Waals surface area contributed by atoms with Crippen molar-refractivity contribution in [1.82, 2.24) is 0 Å². The lowest BCUT2D eigenvalue weighted by Crippen LogP contribution is -2.23. The molecule has 18 heavy (non-hydrogen) atoms. The van der Waals surface area contributed by atoms with Crippen LogP contribution in [0.1, 0.15) is 33.6 Å². The van der Waals surface area contributed by atoms with Crippen molar-refractivity contribution in [2.75, 3.05) is 5.32 Å². The van der Waals surface area contributed by atoms with E-state index in [-0.39, 0.29) is 21.6 Å². The van der Waals surface area contributed by atoms with Crippen LogP contribution in [0.2, 0.25) is 0 Å². The number of anilines is 1. The molecule has 0 heterocycles. The van der Waals surface area contributed by atoms with E-state index in [9.17, 15) is 8.78 Å². The molecule has 4 heteroatoms. The van der Waals surface area contributed by atoms with Gasteiger partial charge < -0.3 is 5.32 Å². The lowest BCUT2D eigenvalue weighted by atomic mass is 9.91. The second-order valence-electron chi connectivity index (χ2n) is 6.05. The molecular weight excluding hydrogens is 300 g/mol. The highest BCUT2D eigenvalue weighted by Crippen LogP contribution is 2.42. The predicted molar refractivity (Wildman–Crippen MR) is 73.6 cm³/mol. The minimum atomic E-state index is -0.441. The van der Waals surface area contributed by atoms with Crippen molar-refractivity contribution in [3.8, 4) is 0 Å². The Morgan fingerprint density at radius 2 is 1.89 bits per heavy atom. The van der Waals surface area contributed by atoms with E-state index in [0.717, 1.165) is 12.8 Å². The zero-order valence-electron chi connectivity index (χ0n) is 10.9. The van der Waals surface area contributed by atoms with Crippen molar-refractivity contribution in [2.45, 2.75) is 39.7 Å². The lowest BCUT2D eigenvalue weighted by Gasteiger charge is -2.20. The van der Waals surface area contributed by atoms with Crippen molar-refractivity contribution in [1.29, 1.82) is 0 Å². The summed E-state index contributed by atoms with van der Waals surface area (Å²) >= 11 is 2.98. The first-order chi connectivity index (χ1) is 8.28. The van der Waals surface area contributed by atoms with E-state index in [1.807, 2.05) is 0 Å². The topological polar surface area (TPSA) is 12.0 Å². The molecule has 0 saturated heterocycles. The maximum Gasteiger partial charge on any atom is 0.147 e. The Hall–Kier alpha value is -0.640. The first-order valence-electron chi connectivity index (χ1n) is 6.19. The molecule has 1 fully saturated rings. The summed E-state index contributed by atoms with van der Waals surface area (Å²) in [6.45, 7) is 6.58. The quantitative estimate of drug-likeness (QED) is 0.760. The fourth-order valence-corrected chi connectivity index (χ4v) is 3.24. The zero-order valence-corrected chi connectivity index (χ0v) is 12.4. The Labute approximate surface area is 115 Å². The Bertz CT molecular complexity index is 459. The van der Waals surface area contributed by atoms with Gasteiger partial charge in [0.15, 0.2) is 0 Å². The molecule has 2 unspecified atom stereocenters. The summed E-state index contributed by atoms with van der Waals surface area (Å²) < 4.78 is 27.3. The average Bonchev–Trinajstić information content (AvgIpc) is 2.48. The second-order valence-corrected chi connectivity index (χ2v) is 6.90. The van der Waals surface area contributed by atoms with Crippen molar-refractivity contribution >= 4 is 21.6 Å². The first kappa shape index (κ1) is 13.8. The molecule has 0 aromatic heterocycles. The molecule has 0 aliphatic heterocycles. The van der Waals surface area contributed by atoms with Gasteiger partial charge in [0, 0.05) is 12.1 Å². The molecule has 1 aliphatic rings. The van der Waals surface area contributed by atoms with Crippen molar-refractivity contribution < 1.29 is 8.78 Å². The summed E-state index contributed by atoms with van der Waals surface area (Å²) in [5.74, 6) is -0.393. The Kier molecular flexibility index (Phi) is 3.67. The SMILES string of the molecule is CC1CC(C)(C)CC1Nc1cc(F)c(Br)cc1F. The van der Waals surface area contributed by atoms with Crippen LogP contribution < -0.4 is 5.32 Å². The highest BCUT2D eigenvalue weighted by molar-refractivity contribution is 9.10. The summed E-state index contributed by atoms with van der Waals surface area (Å²) in [5.41, 5.74) is 0.520. The number of rotatable bonds is 2. The Balaban J connectivity index is 2.18. The van der Waals surface area contributed by atoms with E-state index < -0.39 is 11.6 Å². The number of halogens is 3. The molecule has 0 spiro atoms. The summed E-state index contributed by atoms with van der Waals surface area (Å²) in [7, 11) is 0. The summed E-state index contributed by atoms with van der Waals surface area (Å²) in [6, 6.07) is 2.59. The Morgan fingerprint density at radius 3 is 2.44 bits per heavy atom. The molecule has 1 nitrogen and oxygen atoms in total. The normalized spacial score (nSPS) is 26.3. The van der Waals surface area contributed by atoms with E-state index in [4.69, 9.17) is 0 Å². The fourth-order valence-electron chi connectivity index (χ4n) is 2.92. The van der Waals surface area contributed by atoms with Gasteiger partial charge in [-0.25, -0.2) is 8.78 Å². The number of benzene rings is 1. The van der Waals surface area contributed by atoms with Crippen LogP contribution in [0.25, 0.3) is 0 Å². The van der Waals surface area contributed by atoms with Crippen molar-refractivity contribution in [2.24, 2.45) is 11.3 Å². The molecule has 0 bridgehead atoms. The third-order valence-electron chi connectivity index (χ3n) is 3.68. The molecule has 2 atom stereocenters. The molecule has 1 aromatic carbocycles. The summed E-state index contributed by atoms with van der Waals surface area (Å²) in [5, 5.41) is 3.15. The van der Waals surface area contributed by atoms with Crippen LogP contribution in [-0.4, -0.2) is 6.04 Å². The number of nitrogens with one attached hydrogen (secondary N) is 1. The van der Waals surface area contributed by atoms with Gasteiger partial charge in [-0.05, 0) is 46.2 Å². The molecular formula is C14H18BrF2N. The van der Waals surface area contributed by atoms with Gasteiger partial charge in [-0.1, -0.05) is 20.8 Å². The minimum absolute atomic E-state index is 0.158. The molecule has 1 aromatic rings. The monoisotopic (exact) mass is 317 g/mol. The largest absolute Gasteiger partial charge is 0.380 e. The van der Waals surface area contributed by atoms with Crippen LogP contribution in [0.3, 0.4) is 0 Å². The average molecular weight is 318 g/mol. The minimum Gasteiger partial charge on any atom is -0.380 e. The van der Waals surface area contributed by atoms with Gasteiger partial charge in [0.25, 0.3) is 0 Å². The van der Waals surface area contributed by atoms with Gasteiger partial charge in [-0.3, -0.25) is 0 Å². The molecule has 0 amide bonds. The van der Waals surface area contributed by atoms with Crippen molar-refractivity contribution in [3.05, 3.63) is 28.2 Å². The zero-order chi connectivity index (χ0) is 13.5. The third-order valence-corrected chi connectivity index (χ3v) is 4.29. The lowest BCUT2D eigenvalue weighted by molar-refractivity contribution is 0.366. The number of hydrogen-bond donors (Lipinski definition) is 1. The fraction of sp³-hybridized carbons (Fsp3) is 0.571. The van der Waals surface area contributed by atoms with E-state index in [1.54, 1.807) is 0 Å². The Morgan fingerprint density at radius 1 is 1.22 bits per heavy atom. The molecule has 0 radical (unpaired) electrons. The molecule has 100 valence electrons. The maximum atomic E-state index is 13.7. The van der Waals surface area contributed by atoms with Crippen LogP contribution >= 0.6 is 15.9 Å². The summed E-state index contributed by atoms with van der Waals surface area (Å²) in [6.07, 6.45) is 2.08. The van der Waals surface area contributed by atoms with Gasteiger partial charge in [-0.2, -0.15) is 0 Å². The van der Waals surface area contributed by atoms with Crippen LogP contribution in [0.15, 0.2) is 16.6 Å². The summed E-state index contributed by atoms with van der Waals surface area (Å²) in [4.78, 5) is 0. The molecule has 2 rings (SSSR count). The molecule has 1 saturated carbocycles. The standard InChI is InChI=1S/C14H18BrF2N/c1-8-6-14(2,3)7-13(8)18-12-5-10(16)9(15)4-11(12)17/h4-5,8,13,18H,6-7H2,1-3H3. The molecule has 1 N–H and O–H groups in total. The highest BCUT2D eigenvalue weighted by atomic mass is 79.9. The highest BCUT2D eigenvalue weighted by Gasteiger charge is 2.36. The smallest absolute Gasteiger partial charge is 0.147 e. The second kappa shape index (κ2) is 4.80. The predicted octanol–water partition coefficient (Wildman–Crippen LogP) is 4.96. The first-order valence-corrected chi connectivity index (χ1v) is 6.99. The van der Waals surface area contributed by atoms with Crippen LogP contribution in [0.4, 0.5) is 14.5 Å². The van der Waals surface area contributed by atoms with Gasteiger partial charge in [0.05, 0.1) is 10.2 Å². The van der Waals surface area contributed by atoms with Gasteiger partial charge in [-0.15, -0.1) is 0 Å².